The van der Waals surface area contributed by atoms with E-state index in [0.717, 1.165) is 58.2 Å². The molecule has 320 valence electrons. The molecule has 15 heteroatoms. The van der Waals surface area contributed by atoms with E-state index < -0.39 is 24.3 Å². The number of nitrogens with zero attached hydrogens (tertiary/aromatic N) is 5. The highest BCUT2D eigenvalue weighted by Crippen LogP contribution is 2.54. The van der Waals surface area contributed by atoms with Crippen LogP contribution in [0, 0.1) is 35.5 Å². The van der Waals surface area contributed by atoms with Gasteiger partial charge < -0.3 is 39.7 Å². The molecule has 5 fully saturated rings. The Kier molecular flexibility index (Phi) is 10.5. The molecular weight excluding hydrogens is 777 g/mol. The van der Waals surface area contributed by atoms with E-state index >= 15 is 0 Å². The van der Waals surface area contributed by atoms with Gasteiger partial charge in [-0.2, -0.15) is 0 Å². The third-order valence-corrected chi connectivity index (χ3v) is 13.5. The Morgan fingerprint density at radius 3 is 2.13 bits per heavy atom. The van der Waals surface area contributed by atoms with Gasteiger partial charge >= 0.3 is 12.2 Å². The molecule has 0 radical (unpaired) electrons. The molecule has 5 aliphatic rings. The van der Waals surface area contributed by atoms with Gasteiger partial charge in [0.25, 0.3) is 0 Å². The van der Waals surface area contributed by atoms with Crippen molar-refractivity contribution in [2.75, 3.05) is 14.2 Å². The standard InChI is InChI=1S/C46H54N8O7/c1-23(2)40(52(5)46(58)59)44(56)54-36-18-31(36)20-38(54)42-48-22-34(50-42)29-11-10-27-15-26(7-9-28(27)16-29)8-12-33-21-47-41(49-33)37-19-30-17-35(30)53(37)43(55)39(51-45(57)60-6)32-13-24(3)61-25(4)14-32/h7,9-11,15-16,21-25,30-32,35-40H,13-14,17-20H2,1-6H3,(H,47,49)(H,48,50)(H,51,57)(H,58,59)/t24-,25+,30-,31-,32?,35-,36-,37+,38+,39+,40+/m1/s1. The molecule has 11 atom stereocenters. The Balaban J connectivity index is 0.885. The first-order valence-electron chi connectivity index (χ1n) is 21.5. The number of hydrogen-bond acceptors (Lipinski definition) is 8. The summed E-state index contributed by atoms with van der Waals surface area (Å²) in [6, 6.07) is 10.5. The van der Waals surface area contributed by atoms with Crippen LogP contribution in [0.25, 0.3) is 22.0 Å². The van der Waals surface area contributed by atoms with Gasteiger partial charge in [-0.15, -0.1) is 0 Å². The minimum absolute atomic E-state index is 0.0191. The molecule has 15 nitrogen and oxygen atoms in total. The Labute approximate surface area is 354 Å². The monoisotopic (exact) mass is 830 g/mol. The molecule has 3 saturated heterocycles. The number of alkyl carbamates (subject to hydrolysis) is 1. The van der Waals surface area contributed by atoms with Crippen molar-refractivity contribution in [2.45, 2.75) is 115 Å². The van der Waals surface area contributed by atoms with Crippen LogP contribution in [0.4, 0.5) is 9.59 Å². The molecule has 0 bridgehead atoms. The maximum absolute atomic E-state index is 14.3. The molecule has 2 aromatic carbocycles. The molecule has 0 spiro atoms. The van der Waals surface area contributed by atoms with Crippen molar-refractivity contribution in [1.29, 1.82) is 0 Å². The zero-order valence-electron chi connectivity index (χ0n) is 35.4. The number of amides is 4. The Bertz CT molecular complexity index is 2420. The number of carbonyl (C=O) groups is 4. The lowest BCUT2D eigenvalue weighted by Gasteiger charge is -2.38. The van der Waals surface area contributed by atoms with Gasteiger partial charge in [0, 0.05) is 42.7 Å². The molecule has 5 heterocycles. The van der Waals surface area contributed by atoms with E-state index in [1.165, 1.54) is 14.2 Å². The van der Waals surface area contributed by atoms with Gasteiger partial charge in [0.05, 0.1) is 37.1 Å². The lowest BCUT2D eigenvalue weighted by molar-refractivity contribution is -0.140. The first-order valence-corrected chi connectivity index (χ1v) is 21.5. The number of piperidine rings is 2. The number of carboxylic acid groups (broad SMARTS) is 1. The first kappa shape index (κ1) is 40.5. The predicted molar refractivity (Wildman–Crippen MR) is 225 cm³/mol. The van der Waals surface area contributed by atoms with Crippen LogP contribution < -0.4 is 5.32 Å². The van der Waals surface area contributed by atoms with E-state index in [2.05, 4.69) is 33.2 Å². The van der Waals surface area contributed by atoms with Gasteiger partial charge in [0.15, 0.2) is 0 Å². The van der Waals surface area contributed by atoms with Crippen molar-refractivity contribution in [2.24, 2.45) is 23.7 Å². The Morgan fingerprint density at radius 1 is 0.852 bits per heavy atom. The first-order chi connectivity index (χ1) is 29.3. The number of rotatable bonds is 9. The number of nitrogens with one attached hydrogen (secondary N) is 3. The average molecular weight is 831 g/mol. The van der Waals surface area contributed by atoms with Gasteiger partial charge in [-0.3, -0.25) is 14.5 Å². The normalized spacial score (nSPS) is 28.3. The zero-order valence-corrected chi connectivity index (χ0v) is 35.4. The predicted octanol–water partition coefficient (Wildman–Crippen LogP) is 6.24. The Hall–Kier alpha value is -5.88. The Morgan fingerprint density at radius 2 is 1.48 bits per heavy atom. The third kappa shape index (κ3) is 7.82. The minimum Gasteiger partial charge on any atom is -0.465 e. The van der Waals surface area contributed by atoms with Crippen LogP contribution >= 0.6 is 0 Å². The number of aromatic nitrogens is 4. The summed E-state index contributed by atoms with van der Waals surface area (Å²) in [6.45, 7) is 7.77. The maximum atomic E-state index is 14.3. The summed E-state index contributed by atoms with van der Waals surface area (Å²) in [5.41, 5.74) is 3.12. The van der Waals surface area contributed by atoms with Crippen LogP contribution in [-0.2, 0) is 19.1 Å². The van der Waals surface area contributed by atoms with Crippen molar-refractivity contribution in [3.63, 3.8) is 0 Å². The van der Waals surface area contributed by atoms with E-state index in [1.54, 1.807) is 6.20 Å². The number of likely N-dealkylation sites (tertiary alicyclic amines) is 2. The molecule has 1 unspecified atom stereocenters. The molecule has 61 heavy (non-hydrogen) atoms. The quantitative estimate of drug-likeness (QED) is 0.142. The van der Waals surface area contributed by atoms with Crippen molar-refractivity contribution >= 4 is 34.8 Å². The number of benzene rings is 2. The number of hydrogen-bond donors (Lipinski definition) is 4. The van der Waals surface area contributed by atoms with Gasteiger partial charge in [-0.25, -0.2) is 19.6 Å². The topological polar surface area (TPSA) is 186 Å². The smallest absolute Gasteiger partial charge is 0.407 e. The van der Waals surface area contributed by atoms with Crippen LogP contribution in [0.3, 0.4) is 0 Å². The number of carbonyl (C=O) groups excluding carboxylic acids is 3. The summed E-state index contributed by atoms with van der Waals surface area (Å²) in [5, 5.41) is 14.6. The second-order valence-electron chi connectivity index (χ2n) is 18.2. The number of methoxy groups -OCH3 is 1. The summed E-state index contributed by atoms with van der Waals surface area (Å²) in [5.74, 6) is 8.17. The summed E-state index contributed by atoms with van der Waals surface area (Å²) in [7, 11) is 2.78. The van der Waals surface area contributed by atoms with Gasteiger partial charge in [-0.05, 0) is 111 Å². The SMILES string of the molecule is COC(=O)N[C@H](C(=O)N1[C@@H]2C[C@@H]2C[C@H]1c1nc(C#Cc2ccc3cc(-c4c[nH]c([C@@H]5C[C@H]6C[C@H]6N5C(=O)[C@H](C(C)C)N(C)C(=O)O)n4)ccc3c2)c[nH]1)C1C[C@@H](C)O[C@@H](C)C1. The lowest BCUT2D eigenvalue weighted by atomic mass is 9.85. The van der Waals surface area contributed by atoms with Gasteiger partial charge in [0.1, 0.15) is 29.4 Å². The third-order valence-electron chi connectivity index (χ3n) is 13.5. The highest BCUT2D eigenvalue weighted by molar-refractivity contribution is 5.89. The maximum Gasteiger partial charge on any atom is 0.407 e. The van der Waals surface area contributed by atoms with E-state index in [1.807, 2.05) is 74.0 Å². The van der Waals surface area contributed by atoms with Crippen LogP contribution in [0.1, 0.15) is 101 Å². The van der Waals surface area contributed by atoms with Crippen LogP contribution in [-0.4, -0.2) is 114 Å². The van der Waals surface area contributed by atoms with Crippen molar-refractivity contribution in [3.8, 4) is 23.1 Å². The number of imidazole rings is 2. The minimum atomic E-state index is -1.12. The van der Waals surface area contributed by atoms with E-state index in [4.69, 9.17) is 19.4 Å². The fourth-order valence-electron chi connectivity index (χ4n) is 10.5. The average Bonchev–Trinajstić information content (AvgIpc) is 3.82. The van der Waals surface area contributed by atoms with Crippen molar-refractivity contribution < 1.29 is 33.8 Å². The summed E-state index contributed by atoms with van der Waals surface area (Å²) < 4.78 is 10.9. The highest BCUT2D eigenvalue weighted by Gasteiger charge is 2.58. The molecule has 4 aromatic rings. The van der Waals surface area contributed by atoms with E-state index in [0.29, 0.717) is 42.0 Å². The highest BCUT2D eigenvalue weighted by atomic mass is 16.5. The molecular formula is C46H54N8O7. The van der Waals surface area contributed by atoms with Crippen molar-refractivity contribution in [1.82, 2.24) is 40.0 Å². The number of likely N-dealkylation sites (N-methyl/N-ethyl adjacent to an activating group) is 1. The second kappa shape index (κ2) is 15.9. The molecule has 2 saturated carbocycles. The molecule has 2 aliphatic carbocycles. The molecule has 2 aromatic heterocycles. The second-order valence-corrected chi connectivity index (χ2v) is 18.2. The fraction of sp³-hybridized carbons (Fsp3) is 0.522. The summed E-state index contributed by atoms with van der Waals surface area (Å²) in [6.07, 6.45) is 6.72. The number of aromatic amines is 2. The number of fused-ring (bicyclic) bond motifs is 3. The van der Waals surface area contributed by atoms with E-state index in [9.17, 15) is 24.3 Å². The number of ether oxygens (including phenoxy) is 2. The zero-order chi connectivity index (χ0) is 42.9. The number of H-pyrrole nitrogens is 2. The molecule has 9 rings (SSSR count). The van der Waals surface area contributed by atoms with E-state index in [-0.39, 0.29) is 60.0 Å². The summed E-state index contributed by atoms with van der Waals surface area (Å²) in [4.78, 5) is 73.9. The summed E-state index contributed by atoms with van der Waals surface area (Å²) >= 11 is 0. The lowest BCUT2D eigenvalue weighted by Crippen LogP contribution is -2.55. The van der Waals surface area contributed by atoms with Gasteiger partial charge in [-0.1, -0.05) is 38.0 Å². The fourth-order valence-corrected chi connectivity index (χ4v) is 10.5. The van der Waals surface area contributed by atoms with Crippen molar-refractivity contribution in [3.05, 3.63) is 71.7 Å². The van der Waals surface area contributed by atoms with Crippen LogP contribution in [0.2, 0.25) is 0 Å². The van der Waals surface area contributed by atoms with Gasteiger partial charge in [0.2, 0.25) is 11.8 Å². The molecule has 4 N–H and O–H groups in total. The largest absolute Gasteiger partial charge is 0.465 e. The van der Waals surface area contributed by atoms with Crippen LogP contribution in [0.15, 0.2) is 48.8 Å². The van der Waals surface area contributed by atoms with Crippen LogP contribution in [0.5, 0.6) is 0 Å². The molecule has 4 amide bonds. The molecule has 3 aliphatic heterocycles.